The van der Waals surface area contributed by atoms with E-state index in [4.69, 9.17) is 0 Å². The van der Waals surface area contributed by atoms with Gasteiger partial charge in [-0.2, -0.15) is 5.10 Å². The summed E-state index contributed by atoms with van der Waals surface area (Å²) in [6.07, 6.45) is 3.81. The van der Waals surface area contributed by atoms with Crippen LogP contribution in [0.3, 0.4) is 0 Å². The number of nitrogens with zero attached hydrogens (tertiary/aromatic N) is 2. The van der Waals surface area contributed by atoms with Gasteiger partial charge in [-0.15, -0.1) is 0 Å². The average Bonchev–Trinajstić information content (AvgIpc) is 2.69. The highest BCUT2D eigenvalue weighted by molar-refractivity contribution is 5.79. The number of amides is 1. The van der Waals surface area contributed by atoms with Gasteiger partial charge < -0.3 is 5.32 Å². The standard InChI is InChI=1S/C13H16N4O/c1-9-12(10(2)17-16-9)6-13(18)15-8-11-4-3-5-14-7-11/h3-5,7H,6,8H2,1-2H3,(H,15,18)(H,16,17). The van der Waals surface area contributed by atoms with Gasteiger partial charge in [0.2, 0.25) is 5.91 Å². The summed E-state index contributed by atoms with van der Waals surface area (Å²) in [6.45, 7) is 4.32. The van der Waals surface area contributed by atoms with Gasteiger partial charge in [-0.25, -0.2) is 0 Å². The lowest BCUT2D eigenvalue weighted by molar-refractivity contribution is -0.120. The molecule has 0 bridgehead atoms. The molecule has 0 unspecified atom stereocenters. The number of hydrogen-bond donors (Lipinski definition) is 2. The molecule has 2 rings (SSSR count). The minimum absolute atomic E-state index is 0.00791. The number of hydrogen-bond acceptors (Lipinski definition) is 3. The second kappa shape index (κ2) is 5.44. The Bertz CT molecular complexity index is 514. The summed E-state index contributed by atoms with van der Waals surface area (Å²) in [5.41, 5.74) is 3.79. The first kappa shape index (κ1) is 12.3. The molecule has 2 aromatic heterocycles. The van der Waals surface area contributed by atoms with Crippen molar-refractivity contribution >= 4 is 5.91 Å². The van der Waals surface area contributed by atoms with Crippen LogP contribution in [0.2, 0.25) is 0 Å². The molecule has 18 heavy (non-hydrogen) atoms. The van der Waals surface area contributed by atoms with Crippen LogP contribution in [-0.2, 0) is 17.8 Å². The first-order valence-corrected chi connectivity index (χ1v) is 5.83. The molecule has 0 aliphatic rings. The normalized spacial score (nSPS) is 10.3. The lowest BCUT2D eigenvalue weighted by Gasteiger charge is -2.05. The van der Waals surface area contributed by atoms with E-state index in [1.807, 2.05) is 26.0 Å². The summed E-state index contributed by atoms with van der Waals surface area (Å²) in [5, 5.41) is 9.82. The number of carbonyl (C=O) groups excluding carboxylic acids is 1. The lowest BCUT2D eigenvalue weighted by atomic mass is 10.1. The number of aromatic amines is 1. The highest BCUT2D eigenvalue weighted by Gasteiger charge is 2.10. The molecule has 0 aliphatic carbocycles. The van der Waals surface area contributed by atoms with E-state index in [1.165, 1.54) is 0 Å². The van der Waals surface area contributed by atoms with Crippen LogP contribution in [0.25, 0.3) is 0 Å². The largest absolute Gasteiger partial charge is 0.352 e. The topological polar surface area (TPSA) is 70.7 Å². The second-order valence-electron chi connectivity index (χ2n) is 4.23. The second-order valence-corrected chi connectivity index (χ2v) is 4.23. The van der Waals surface area contributed by atoms with Gasteiger partial charge in [0.15, 0.2) is 0 Å². The Hall–Kier alpha value is -2.17. The van der Waals surface area contributed by atoms with Crippen molar-refractivity contribution in [1.29, 1.82) is 0 Å². The third kappa shape index (κ3) is 2.94. The van der Waals surface area contributed by atoms with E-state index in [1.54, 1.807) is 12.4 Å². The van der Waals surface area contributed by atoms with Gasteiger partial charge in [0.05, 0.1) is 12.1 Å². The Balaban J connectivity index is 1.90. The molecule has 0 fully saturated rings. The summed E-state index contributed by atoms with van der Waals surface area (Å²) in [6, 6.07) is 3.79. The molecule has 0 saturated carbocycles. The van der Waals surface area contributed by atoms with E-state index in [-0.39, 0.29) is 5.91 Å². The number of pyridine rings is 1. The fourth-order valence-electron chi connectivity index (χ4n) is 1.76. The SMILES string of the molecule is Cc1n[nH]c(C)c1CC(=O)NCc1cccnc1. The summed E-state index contributed by atoms with van der Waals surface area (Å²) in [7, 11) is 0. The van der Waals surface area contributed by atoms with Crippen LogP contribution >= 0.6 is 0 Å². The number of rotatable bonds is 4. The van der Waals surface area contributed by atoms with Gasteiger partial charge in [-0.1, -0.05) is 6.07 Å². The molecule has 0 atom stereocenters. The quantitative estimate of drug-likeness (QED) is 0.851. The van der Waals surface area contributed by atoms with Gasteiger partial charge in [0, 0.05) is 30.2 Å². The van der Waals surface area contributed by atoms with E-state index >= 15 is 0 Å². The van der Waals surface area contributed by atoms with Gasteiger partial charge in [0.25, 0.3) is 0 Å². The Kier molecular flexibility index (Phi) is 3.72. The fourth-order valence-corrected chi connectivity index (χ4v) is 1.76. The monoisotopic (exact) mass is 244 g/mol. The third-order valence-electron chi connectivity index (χ3n) is 2.83. The molecule has 1 amide bonds. The minimum Gasteiger partial charge on any atom is -0.352 e. The molecule has 5 nitrogen and oxygen atoms in total. The predicted molar refractivity (Wildman–Crippen MR) is 67.8 cm³/mol. The van der Waals surface area contributed by atoms with Crippen molar-refractivity contribution in [2.75, 3.05) is 0 Å². The van der Waals surface area contributed by atoms with E-state index in [9.17, 15) is 4.79 Å². The summed E-state index contributed by atoms with van der Waals surface area (Å²) in [4.78, 5) is 15.8. The van der Waals surface area contributed by atoms with E-state index < -0.39 is 0 Å². The maximum absolute atomic E-state index is 11.8. The van der Waals surface area contributed by atoms with Crippen molar-refractivity contribution in [3.63, 3.8) is 0 Å². The van der Waals surface area contributed by atoms with Crippen LogP contribution < -0.4 is 5.32 Å². The number of aryl methyl sites for hydroxylation is 2. The van der Waals surface area contributed by atoms with Crippen molar-refractivity contribution in [2.24, 2.45) is 0 Å². The molecule has 0 aliphatic heterocycles. The maximum atomic E-state index is 11.8. The van der Waals surface area contributed by atoms with Crippen molar-refractivity contribution < 1.29 is 4.79 Å². The van der Waals surface area contributed by atoms with E-state index in [0.717, 1.165) is 22.5 Å². The lowest BCUT2D eigenvalue weighted by Crippen LogP contribution is -2.25. The zero-order chi connectivity index (χ0) is 13.0. The molecule has 0 aromatic carbocycles. The summed E-state index contributed by atoms with van der Waals surface area (Å²) < 4.78 is 0. The Morgan fingerprint density at radius 1 is 1.44 bits per heavy atom. The smallest absolute Gasteiger partial charge is 0.224 e. The highest BCUT2D eigenvalue weighted by Crippen LogP contribution is 2.09. The van der Waals surface area contributed by atoms with Crippen molar-refractivity contribution in [1.82, 2.24) is 20.5 Å². The predicted octanol–water partition coefficient (Wildman–Crippen LogP) is 1.28. The van der Waals surface area contributed by atoms with Crippen LogP contribution in [0.4, 0.5) is 0 Å². The van der Waals surface area contributed by atoms with Crippen LogP contribution in [0, 0.1) is 13.8 Å². The average molecular weight is 244 g/mol. The zero-order valence-corrected chi connectivity index (χ0v) is 10.5. The highest BCUT2D eigenvalue weighted by atomic mass is 16.1. The van der Waals surface area contributed by atoms with Gasteiger partial charge in [-0.3, -0.25) is 14.9 Å². The summed E-state index contributed by atoms with van der Waals surface area (Å²) in [5.74, 6) is -0.00791. The molecule has 2 aromatic rings. The molecule has 2 N–H and O–H groups in total. The molecule has 2 heterocycles. The van der Waals surface area contributed by atoms with Gasteiger partial charge >= 0.3 is 0 Å². The first-order valence-electron chi connectivity index (χ1n) is 5.83. The summed E-state index contributed by atoms with van der Waals surface area (Å²) >= 11 is 0. The first-order chi connectivity index (χ1) is 8.66. The fraction of sp³-hybridized carbons (Fsp3) is 0.308. The van der Waals surface area contributed by atoms with Crippen LogP contribution in [-0.4, -0.2) is 21.1 Å². The van der Waals surface area contributed by atoms with Crippen molar-refractivity contribution in [3.8, 4) is 0 Å². The van der Waals surface area contributed by atoms with Crippen molar-refractivity contribution in [2.45, 2.75) is 26.8 Å². The number of H-pyrrole nitrogens is 1. The van der Waals surface area contributed by atoms with Crippen molar-refractivity contribution in [3.05, 3.63) is 47.0 Å². The number of nitrogens with one attached hydrogen (secondary N) is 2. The number of aromatic nitrogens is 3. The Labute approximate surface area is 106 Å². The Morgan fingerprint density at radius 3 is 2.89 bits per heavy atom. The van der Waals surface area contributed by atoms with E-state index in [2.05, 4.69) is 20.5 Å². The zero-order valence-electron chi connectivity index (χ0n) is 10.5. The minimum atomic E-state index is -0.00791. The van der Waals surface area contributed by atoms with E-state index in [0.29, 0.717) is 13.0 Å². The van der Waals surface area contributed by atoms with Gasteiger partial charge in [0.1, 0.15) is 0 Å². The van der Waals surface area contributed by atoms with Gasteiger partial charge in [-0.05, 0) is 25.5 Å². The van der Waals surface area contributed by atoms with Crippen LogP contribution in [0.15, 0.2) is 24.5 Å². The third-order valence-corrected chi connectivity index (χ3v) is 2.83. The Morgan fingerprint density at radius 2 is 2.28 bits per heavy atom. The molecular formula is C13H16N4O. The maximum Gasteiger partial charge on any atom is 0.224 e. The molecule has 0 saturated heterocycles. The molecule has 94 valence electrons. The molecule has 0 spiro atoms. The van der Waals surface area contributed by atoms with Crippen LogP contribution in [0.1, 0.15) is 22.5 Å². The molecule has 0 radical (unpaired) electrons. The molecular weight excluding hydrogens is 228 g/mol. The van der Waals surface area contributed by atoms with Crippen LogP contribution in [0.5, 0.6) is 0 Å². The number of carbonyl (C=O) groups is 1. The molecule has 5 heteroatoms.